The number of rotatable bonds is 5. The predicted octanol–water partition coefficient (Wildman–Crippen LogP) is 2.13. The van der Waals surface area contributed by atoms with Gasteiger partial charge in [-0.05, 0) is 35.7 Å². The number of hydrogen-bond acceptors (Lipinski definition) is 3. The summed E-state index contributed by atoms with van der Waals surface area (Å²) in [7, 11) is 0. The Hall–Kier alpha value is -3.22. The average molecular weight is 383 g/mol. The van der Waals surface area contributed by atoms with Crippen LogP contribution in [0.4, 0.5) is 10.1 Å². The van der Waals surface area contributed by atoms with Gasteiger partial charge >= 0.3 is 0 Å². The molecule has 6 nitrogen and oxygen atoms in total. The average Bonchev–Trinajstić information content (AvgIpc) is 3.09. The Morgan fingerprint density at radius 3 is 2.54 bits per heavy atom. The van der Waals surface area contributed by atoms with Gasteiger partial charge in [0.1, 0.15) is 5.82 Å². The molecule has 1 fully saturated rings. The highest BCUT2D eigenvalue weighted by atomic mass is 19.1. The summed E-state index contributed by atoms with van der Waals surface area (Å²) >= 11 is 0. The van der Waals surface area contributed by atoms with Crippen molar-refractivity contribution in [2.24, 2.45) is 5.92 Å². The van der Waals surface area contributed by atoms with Gasteiger partial charge in [-0.2, -0.15) is 0 Å². The summed E-state index contributed by atoms with van der Waals surface area (Å²) in [4.78, 5) is 38.3. The zero-order valence-corrected chi connectivity index (χ0v) is 15.6. The number of benzene rings is 2. The molecule has 1 aliphatic rings. The molecule has 0 spiro atoms. The number of amides is 3. The first-order valence-electron chi connectivity index (χ1n) is 9.19. The van der Waals surface area contributed by atoms with Gasteiger partial charge in [-0.15, -0.1) is 0 Å². The van der Waals surface area contributed by atoms with Gasteiger partial charge in [-0.3, -0.25) is 25.2 Å². The highest BCUT2D eigenvalue weighted by Gasteiger charge is 2.35. The van der Waals surface area contributed by atoms with Crippen molar-refractivity contribution in [2.75, 3.05) is 11.4 Å². The number of hydrazine groups is 1. The van der Waals surface area contributed by atoms with Crippen LogP contribution in [-0.4, -0.2) is 24.3 Å². The summed E-state index contributed by atoms with van der Waals surface area (Å²) in [5.74, 6) is -1.85. The first kappa shape index (κ1) is 19.5. The molecular weight excluding hydrogens is 361 g/mol. The van der Waals surface area contributed by atoms with Crippen LogP contribution in [0.5, 0.6) is 0 Å². The van der Waals surface area contributed by atoms with Crippen molar-refractivity contribution < 1.29 is 18.8 Å². The van der Waals surface area contributed by atoms with E-state index in [0.29, 0.717) is 5.56 Å². The van der Waals surface area contributed by atoms with Crippen molar-refractivity contribution in [3.05, 3.63) is 65.5 Å². The highest BCUT2D eigenvalue weighted by Crippen LogP contribution is 2.28. The van der Waals surface area contributed by atoms with Gasteiger partial charge < -0.3 is 4.90 Å². The largest absolute Gasteiger partial charge is 0.311 e. The molecule has 7 heteroatoms. The molecule has 3 rings (SSSR count). The van der Waals surface area contributed by atoms with Crippen LogP contribution in [0.25, 0.3) is 0 Å². The van der Waals surface area contributed by atoms with E-state index in [2.05, 4.69) is 10.9 Å². The van der Waals surface area contributed by atoms with E-state index in [1.165, 1.54) is 24.3 Å². The van der Waals surface area contributed by atoms with Gasteiger partial charge in [-0.1, -0.05) is 37.3 Å². The lowest BCUT2D eigenvalue weighted by atomic mass is 10.1. The minimum Gasteiger partial charge on any atom is -0.311 e. The van der Waals surface area contributed by atoms with E-state index in [9.17, 15) is 18.8 Å². The molecule has 1 unspecified atom stereocenters. The van der Waals surface area contributed by atoms with Crippen molar-refractivity contribution in [1.29, 1.82) is 0 Å². The number of para-hydroxylation sites is 1. The number of hydrogen-bond donors (Lipinski definition) is 2. The Labute approximate surface area is 162 Å². The zero-order chi connectivity index (χ0) is 20.1. The van der Waals surface area contributed by atoms with E-state index in [0.717, 1.165) is 17.7 Å². The Kier molecular flexibility index (Phi) is 6.03. The number of anilines is 1. The zero-order valence-electron chi connectivity index (χ0n) is 15.6. The predicted molar refractivity (Wildman–Crippen MR) is 103 cm³/mol. The molecule has 1 saturated heterocycles. The molecule has 0 bridgehead atoms. The fraction of sp³-hybridized carbons (Fsp3) is 0.286. The molecule has 1 heterocycles. The summed E-state index contributed by atoms with van der Waals surface area (Å²) in [6.45, 7) is 2.29. The van der Waals surface area contributed by atoms with E-state index in [4.69, 9.17) is 0 Å². The Bertz CT molecular complexity index is 883. The van der Waals surface area contributed by atoms with E-state index in [-0.39, 0.29) is 31.1 Å². The highest BCUT2D eigenvalue weighted by molar-refractivity contribution is 6.01. The van der Waals surface area contributed by atoms with Crippen molar-refractivity contribution >= 4 is 23.4 Å². The lowest BCUT2D eigenvalue weighted by Gasteiger charge is -2.20. The smallest absolute Gasteiger partial charge is 0.243 e. The van der Waals surface area contributed by atoms with E-state index < -0.39 is 17.7 Å². The second-order valence-corrected chi connectivity index (χ2v) is 6.73. The number of nitrogens with zero attached hydrogens (tertiary/aromatic N) is 1. The van der Waals surface area contributed by atoms with Gasteiger partial charge in [0.25, 0.3) is 0 Å². The molecule has 2 aromatic carbocycles. The molecule has 146 valence electrons. The molecule has 2 aromatic rings. The van der Waals surface area contributed by atoms with Crippen LogP contribution < -0.4 is 15.8 Å². The molecule has 1 atom stereocenters. The summed E-state index contributed by atoms with van der Waals surface area (Å²) in [5.41, 5.74) is 7.24. The van der Waals surface area contributed by atoms with E-state index in [1.807, 2.05) is 31.2 Å². The van der Waals surface area contributed by atoms with Crippen LogP contribution in [-0.2, 0) is 27.2 Å². The lowest BCUT2D eigenvalue weighted by molar-refractivity contribution is -0.131. The summed E-state index contributed by atoms with van der Waals surface area (Å²) in [6, 6.07) is 13.2. The molecule has 0 radical (unpaired) electrons. The Morgan fingerprint density at radius 1 is 1.11 bits per heavy atom. The van der Waals surface area contributed by atoms with Gasteiger partial charge in [0.2, 0.25) is 17.7 Å². The first-order chi connectivity index (χ1) is 13.5. The van der Waals surface area contributed by atoms with Gasteiger partial charge in [-0.25, -0.2) is 4.39 Å². The van der Waals surface area contributed by atoms with Crippen molar-refractivity contribution in [2.45, 2.75) is 26.2 Å². The van der Waals surface area contributed by atoms with Crippen LogP contribution in [0.3, 0.4) is 0 Å². The number of aryl methyl sites for hydroxylation is 1. The number of carbonyl (C=O) groups excluding carboxylic acids is 3. The third-order valence-electron chi connectivity index (χ3n) is 4.76. The summed E-state index contributed by atoms with van der Waals surface area (Å²) in [6.07, 6.45) is 0.897. The minimum atomic E-state index is -0.538. The van der Waals surface area contributed by atoms with Crippen molar-refractivity contribution in [3.63, 3.8) is 0 Å². The monoisotopic (exact) mass is 383 g/mol. The standard InChI is InChI=1S/C21H22FN3O3/c1-2-15-5-3-4-6-18(15)25-13-16(12-20(25)27)21(28)24-23-19(26)11-14-7-9-17(22)10-8-14/h3-10,16H,2,11-13H2,1H3,(H,23,26)(H,24,28). The van der Waals surface area contributed by atoms with Crippen LogP contribution in [0, 0.1) is 11.7 Å². The maximum absolute atomic E-state index is 12.9. The molecule has 2 N–H and O–H groups in total. The van der Waals surface area contributed by atoms with Crippen LogP contribution in [0.2, 0.25) is 0 Å². The molecule has 3 amide bonds. The van der Waals surface area contributed by atoms with Crippen LogP contribution in [0.15, 0.2) is 48.5 Å². The van der Waals surface area contributed by atoms with E-state index >= 15 is 0 Å². The maximum Gasteiger partial charge on any atom is 0.243 e. The number of carbonyl (C=O) groups is 3. The summed E-state index contributed by atoms with van der Waals surface area (Å²) < 4.78 is 12.9. The second-order valence-electron chi connectivity index (χ2n) is 6.73. The second kappa shape index (κ2) is 8.65. The molecule has 0 saturated carbocycles. The third-order valence-corrected chi connectivity index (χ3v) is 4.76. The lowest BCUT2D eigenvalue weighted by Crippen LogP contribution is -2.45. The SMILES string of the molecule is CCc1ccccc1N1CC(C(=O)NNC(=O)Cc2ccc(F)cc2)CC1=O. The normalized spacial score (nSPS) is 16.1. The molecule has 0 aliphatic carbocycles. The fourth-order valence-electron chi connectivity index (χ4n) is 3.25. The van der Waals surface area contributed by atoms with Gasteiger partial charge in [0, 0.05) is 18.7 Å². The fourth-order valence-corrected chi connectivity index (χ4v) is 3.25. The summed E-state index contributed by atoms with van der Waals surface area (Å²) in [5, 5.41) is 0. The van der Waals surface area contributed by atoms with Gasteiger partial charge in [0.05, 0.1) is 12.3 Å². The van der Waals surface area contributed by atoms with E-state index in [1.54, 1.807) is 4.90 Å². The van der Waals surface area contributed by atoms with Gasteiger partial charge in [0.15, 0.2) is 0 Å². The molecule has 28 heavy (non-hydrogen) atoms. The first-order valence-corrected chi connectivity index (χ1v) is 9.19. The minimum absolute atomic E-state index is 0.0140. The third kappa shape index (κ3) is 4.54. The Morgan fingerprint density at radius 2 is 1.82 bits per heavy atom. The molecular formula is C21H22FN3O3. The number of nitrogens with one attached hydrogen (secondary N) is 2. The number of halogens is 1. The van der Waals surface area contributed by atoms with Crippen LogP contribution in [0.1, 0.15) is 24.5 Å². The quantitative estimate of drug-likeness (QED) is 0.777. The molecule has 1 aliphatic heterocycles. The molecule has 0 aromatic heterocycles. The van der Waals surface area contributed by atoms with Crippen LogP contribution >= 0.6 is 0 Å². The topological polar surface area (TPSA) is 78.5 Å². The maximum atomic E-state index is 12.9. The van der Waals surface area contributed by atoms with Crippen molar-refractivity contribution in [1.82, 2.24) is 10.9 Å². The van der Waals surface area contributed by atoms with Crippen molar-refractivity contribution in [3.8, 4) is 0 Å². The Balaban J connectivity index is 1.54.